The maximum Gasteiger partial charge on any atom is 0.227 e. The summed E-state index contributed by atoms with van der Waals surface area (Å²) in [5.41, 5.74) is 1.05. The average Bonchev–Trinajstić information content (AvgIpc) is 3.38. The number of hydrogen-bond acceptors (Lipinski definition) is 4. The van der Waals surface area contributed by atoms with E-state index >= 15 is 0 Å². The van der Waals surface area contributed by atoms with E-state index in [0.717, 1.165) is 35.8 Å². The molecule has 134 valence electrons. The molecule has 6 heteroatoms. The zero-order valence-corrected chi connectivity index (χ0v) is 15.4. The number of aryl methyl sites for hydroxylation is 2. The van der Waals surface area contributed by atoms with Crippen LogP contribution < -0.4 is 4.74 Å². The molecule has 1 heterocycles. The molecule has 1 fully saturated rings. The third-order valence-corrected chi connectivity index (χ3v) is 4.63. The van der Waals surface area contributed by atoms with Crippen LogP contribution in [0.25, 0.3) is 0 Å². The van der Waals surface area contributed by atoms with Gasteiger partial charge in [-0.3, -0.25) is 4.79 Å². The maximum atomic E-state index is 13.1. The van der Waals surface area contributed by atoms with Crippen molar-refractivity contribution in [3.05, 3.63) is 41.5 Å². The molecule has 0 radical (unpaired) electrons. The molecule has 1 aromatic heterocycles. The van der Waals surface area contributed by atoms with Gasteiger partial charge in [-0.25, -0.2) is 9.67 Å². The molecule has 0 aliphatic heterocycles. The van der Waals surface area contributed by atoms with E-state index in [1.54, 1.807) is 7.11 Å². The molecular weight excluding hydrogens is 316 g/mol. The molecule has 6 nitrogen and oxygen atoms in total. The van der Waals surface area contributed by atoms with Crippen molar-refractivity contribution in [3.63, 3.8) is 0 Å². The number of ether oxygens (including phenoxy) is 1. The topological polar surface area (TPSA) is 60.2 Å². The van der Waals surface area contributed by atoms with Gasteiger partial charge in [0.1, 0.15) is 17.4 Å². The molecule has 0 spiro atoms. The van der Waals surface area contributed by atoms with E-state index in [0.29, 0.717) is 19.1 Å². The van der Waals surface area contributed by atoms with Gasteiger partial charge in [-0.05, 0) is 32.8 Å². The summed E-state index contributed by atoms with van der Waals surface area (Å²) >= 11 is 0. The number of para-hydroxylation sites is 1. The maximum absolute atomic E-state index is 13.1. The van der Waals surface area contributed by atoms with Gasteiger partial charge in [-0.2, -0.15) is 5.10 Å². The summed E-state index contributed by atoms with van der Waals surface area (Å²) in [6, 6.07) is 8.24. The Labute approximate surface area is 148 Å². The van der Waals surface area contributed by atoms with Crippen LogP contribution in [0.2, 0.25) is 0 Å². The molecule has 1 saturated carbocycles. The van der Waals surface area contributed by atoms with E-state index < -0.39 is 0 Å². The van der Waals surface area contributed by atoms with Gasteiger partial charge in [0, 0.05) is 18.2 Å². The Kier molecular flexibility index (Phi) is 5.06. The lowest BCUT2D eigenvalue weighted by Crippen LogP contribution is -2.38. The molecular formula is C19H26N4O2. The van der Waals surface area contributed by atoms with Crippen molar-refractivity contribution in [1.82, 2.24) is 19.7 Å². The molecule has 0 bridgehead atoms. The molecule has 3 rings (SSSR count). The molecule has 1 atom stereocenters. The monoisotopic (exact) mass is 342 g/mol. The first kappa shape index (κ1) is 17.5. The van der Waals surface area contributed by atoms with Crippen LogP contribution in [-0.2, 0) is 17.9 Å². The summed E-state index contributed by atoms with van der Waals surface area (Å²) in [6.07, 6.45) is 2.16. The molecule has 0 unspecified atom stereocenters. The van der Waals surface area contributed by atoms with Crippen LogP contribution in [0.5, 0.6) is 5.75 Å². The Bertz CT molecular complexity index is 752. The van der Waals surface area contributed by atoms with Crippen LogP contribution in [0, 0.1) is 19.8 Å². The lowest BCUT2D eigenvalue weighted by Gasteiger charge is -2.26. The first-order chi connectivity index (χ1) is 12.0. The van der Waals surface area contributed by atoms with Crippen LogP contribution in [0.3, 0.4) is 0 Å². The van der Waals surface area contributed by atoms with Crippen LogP contribution in [0.1, 0.15) is 37.0 Å². The summed E-state index contributed by atoms with van der Waals surface area (Å²) in [5, 5.41) is 4.38. The lowest BCUT2D eigenvalue weighted by atomic mass is 10.1. The van der Waals surface area contributed by atoms with Gasteiger partial charge in [0.2, 0.25) is 5.91 Å². The van der Waals surface area contributed by atoms with Crippen molar-refractivity contribution in [2.75, 3.05) is 7.11 Å². The van der Waals surface area contributed by atoms with Gasteiger partial charge in [-0.1, -0.05) is 25.1 Å². The number of aromatic nitrogens is 3. The van der Waals surface area contributed by atoms with Crippen LogP contribution >= 0.6 is 0 Å². The zero-order chi connectivity index (χ0) is 18.0. The fourth-order valence-electron chi connectivity index (χ4n) is 3.15. The van der Waals surface area contributed by atoms with Crippen molar-refractivity contribution >= 4 is 5.91 Å². The van der Waals surface area contributed by atoms with Gasteiger partial charge < -0.3 is 9.64 Å². The van der Waals surface area contributed by atoms with E-state index in [2.05, 4.69) is 10.1 Å². The second-order valence-corrected chi connectivity index (χ2v) is 6.80. The van der Waals surface area contributed by atoms with Crippen LogP contribution in [-0.4, -0.2) is 38.7 Å². The Balaban J connectivity index is 1.73. The summed E-state index contributed by atoms with van der Waals surface area (Å²) in [7, 11) is 1.67. The van der Waals surface area contributed by atoms with Gasteiger partial charge >= 0.3 is 0 Å². The minimum Gasteiger partial charge on any atom is -0.496 e. The number of methoxy groups -OCH3 is 1. The van der Waals surface area contributed by atoms with E-state index in [4.69, 9.17) is 4.74 Å². The summed E-state index contributed by atoms with van der Waals surface area (Å²) in [6.45, 7) is 6.91. The number of amides is 1. The first-order valence-electron chi connectivity index (χ1n) is 8.80. The number of carbonyl (C=O) groups is 1. The summed E-state index contributed by atoms with van der Waals surface area (Å²) < 4.78 is 7.27. The summed E-state index contributed by atoms with van der Waals surface area (Å²) in [5.74, 6) is 2.44. The highest BCUT2D eigenvalue weighted by atomic mass is 16.5. The standard InChI is InChI=1S/C19H26N4O2/c1-13(11-23-15(3)20-14(2)21-23)19(24)22(17-9-10-17)12-16-7-5-6-8-18(16)25-4/h5-8,13,17H,9-12H2,1-4H3/t13-/m1/s1. The second kappa shape index (κ2) is 7.25. The lowest BCUT2D eigenvalue weighted by molar-refractivity contribution is -0.136. The number of nitrogens with zero attached hydrogens (tertiary/aromatic N) is 4. The third kappa shape index (κ3) is 4.00. The largest absolute Gasteiger partial charge is 0.496 e. The van der Waals surface area contributed by atoms with Gasteiger partial charge in [0.25, 0.3) is 0 Å². The predicted octanol–water partition coefficient (Wildman–Crippen LogP) is 2.73. The minimum absolute atomic E-state index is 0.143. The smallest absolute Gasteiger partial charge is 0.227 e. The molecule has 1 amide bonds. The third-order valence-electron chi connectivity index (χ3n) is 4.63. The second-order valence-electron chi connectivity index (χ2n) is 6.80. The van der Waals surface area contributed by atoms with Crippen LogP contribution in [0.15, 0.2) is 24.3 Å². The van der Waals surface area contributed by atoms with Crippen LogP contribution in [0.4, 0.5) is 0 Å². The van der Waals surface area contributed by atoms with E-state index in [1.165, 1.54) is 0 Å². The number of hydrogen-bond donors (Lipinski definition) is 0. The van der Waals surface area contributed by atoms with Crippen molar-refractivity contribution < 1.29 is 9.53 Å². The number of benzene rings is 1. The molecule has 0 N–H and O–H groups in total. The molecule has 2 aromatic rings. The van der Waals surface area contributed by atoms with Crippen molar-refractivity contribution in [2.24, 2.45) is 5.92 Å². The van der Waals surface area contributed by atoms with E-state index in [1.807, 2.05) is 54.6 Å². The highest BCUT2D eigenvalue weighted by molar-refractivity contribution is 5.79. The SMILES string of the molecule is COc1ccccc1CN(C(=O)[C@H](C)Cn1nc(C)nc1C)C1CC1. The summed E-state index contributed by atoms with van der Waals surface area (Å²) in [4.78, 5) is 19.4. The number of carbonyl (C=O) groups excluding carboxylic acids is 1. The minimum atomic E-state index is -0.143. The first-order valence-corrected chi connectivity index (χ1v) is 8.80. The highest BCUT2D eigenvalue weighted by Crippen LogP contribution is 2.31. The van der Waals surface area contributed by atoms with Crippen molar-refractivity contribution in [1.29, 1.82) is 0 Å². The quantitative estimate of drug-likeness (QED) is 0.776. The zero-order valence-electron chi connectivity index (χ0n) is 15.4. The van der Waals surface area contributed by atoms with E-state index in [9.17, 15) is 4.79 Å². The van der Waals surface area contributed by atoms with Crippen molar-refractivity contribution in [2.45, 2.75) is 52.7 Å². The Morgan fingerprint density at radius 1 is 1.36 bits per heavy atom. The molecule has 25 heavy (non-hydrogen) atoms. The van der Waals surface area contributed by atoms with Gasteiger partial charge in [0.05, 0.1) is 19.6 Å². The normalized spacial score (nSPS) is 15.0. The van der Waals surface area contributed by atoms with E-state index in [-0.39, 0.29) is 11.8 Å². The fraction of sp³-hybridized carbons (Fsp3) is 0.526. The van der Waals surface area contributed by atoms with Crippen molar-refractivity contribution in [3.8, 4) is 5.75 Å². The molecule has 1 aliphatic rings. The molecule has 1 aromatic carbocycles. The Morgan fingerprint density at radius 2 is 2.08 bits per heavy atom. The highest BCUT2D eigenvalue weighted by Gasteiger charge is 2.35. The molecule has 1 aliphatic carbocycles. The van der Waals surface area contributed by atoms with Gasteiger partial charge in [-0.15, -0.1) is 0 Å². The average molecular weight is 342 g/mol. The fourth-order valence-corrected chi connectivity index (χ4v) is 3.15. The predicted molar refractivity (Wildman–Crippen MR) is 95.2 cm³/mol. The number of rotatable bonds is 7. The Hall–Kier alpha value is -2.37. The Morgan fingerprint density at radius 3 is 2.68 bits per heavy atom. The molecule has 0 saturated heterocycles. The van der Waals surface area contributed by atoms with Gasteiger partial charge in [0.15, 0.2) is 0 Å².